The van der Waals surface area contributed by atoms with Gasteiger partial charge in [-0.3, -0.25) is 4.79 Å². The largest absolute Gasteiger partial charge is 0.492 e. The number of halogens is 1. The Kier molecular flexibility index (Phi) is 7.39. The highest BCUT2D eigenvalue weighted by Gasteiger charge is 2.13. The van der Waals surface area contributed by atoms with Crippen molar-refractivity contribution in [2.24, 2.45) is 0 Å². The van der Waals surface area contributed by atoms with Gasteiger partial charge in [0.15, 0.2) is 0 Å². The second-order valence-electron chi connectivity index (χ2n) is 8.34. The maximum Gasteiger partial charge on any atom is 0.226 e. The minimum absolute atomic E-state index is 0.0510. The third kappa shape index (κ3) is 6.91. The van der Waals surface area contributed by atoms with Crippen LogP contribution in [0.4, 0.5) is 4.39 Å². The predicted molar refractivity (Wildman–Crippen MR) is 116 cm³/mol. The molecule has 1 amide bonds. The zero-order chi connectivity index (χ0) is 22.3. The summed E-state index contributed by atoms with van der Waals surface area (Å²) in [5.41, 5.74) is 2.04. The number of hydrogen-bond donors (Lipinski definition) is 1. The van der Waals surface area contributed by atoms with Gasteiger partial charge in [0, 0.05) is 18.4 Å². The van der Waals surface area contributed by atoms with Gasteiger partial charge < -0.3 is 14.6 Å². The molecule has 0 aliphatic carbocycles. The number of nitrogens with one attached hydrogen (secondary N) is 1. The molecule has 0 bridgehead atoms. The first-order valence-corrected chi connectivity index (χ1v) is 10.4. The van der Waals surface area contributed by atoms with Gasteiger partial charge in [-0.1, -0.05) is 38.1 Å². The molecule has 0 atom stereocenters. The van der Waals surface area contributed by atoms with Crippen molar-refractivity contribution >= 4 is 5.91 Å². The van der Waals surface area contributed by atoms with Crippen LogP contribution in [0.1, 0.15) is 45.1 Å². The number of aryl methyl sites for hydroxylation is 1. The fourth-order valence-electron chi connectivity index (χ4n) is 2.97. The zero-order valence-electron chi connectivity index (χ0n) is 18.2. The van der Waals surface area contributed by atoms with Gasteiger partial charge in [0.25, 0.3) is 0 Å². The summed E-state index contributed by atoms with van der Waals surface area (Å²) in [5, 5.41) is 6.74. The molecule has 3 aromatic rings. The van der Waals surface area contributed by atoms with Gasteiger partial charge in [-0.2, -0.15) is 4.98 Å². The number of carbonyl (C=O) groups is 1. The van der Waals surface area contributed by atoms with Gasteiger partial charge in [0.2, 0.25) is 17.6 Å². The Morgan fingerprint density at radius 3 is 2.48 bits per heavy atom. The molecule has 0 saturated carbocycles. The average molecular weight is 426 g/mol. The van der Waals surface area contributed by atoms with E-state index in [-0.39, 0.29) is 17.1 Å². The van der Waals surface area contributed by atoms with E-state index in [0.29, 0.717) is 49.7 Å². The quantitative estimate of drug-likeness (QED) is 0.503. The highest BCUT2D eigenvalue weighted by molar-refractivity contribution is 5.75. The second kappa shape index (κ2) is 10.2. The average Bonchev–Trinajstić information content (AvgIpc) is 3.20. The summed E-state index contributed by atoms with van der Waals surface area (Å²) in [5.74, 6) is 1.28. The van der Waals surface area contributed by atoms with E-state index < -0.39 is 0 Å². The fraction of sp³-hybridized carbons (Fsp3) is 0.375. The SMILES string of the molecule is CC(C)(C)c1ccc(OCCNC(=O)CCCc2nc(-c3ccc(F)cc3)no2)cc1. The molecule has 0 fully saturated rings. The van der Waals surface area contributed by atoms with Crippen LogP contribution in [0.2, 0.25) is 0 Å². The van der Waals surface area contributed by atoms with Crippen molar-refractivity contribution in [1.29, 1.82) is 0 Å². The van der Waals surface area contributed by atoms with Crippen LogP contribution in [-0.2, 0) is 16.6 Å². The van der Waals surface area contributed by atoms with Gasteiger partial charge >= 0.3 is 0 Å². The van der Waals surface area contributed by atoms with E-state index in [0.717, 1.165) is 5.75 Å². The monoisotopic (exact) mass is 425 g/mol. The minimum atomic E-state index is -0.317. The molecule has 0 aliphatic heterocycles. The Morgan fingerprint density at radius 1 is 1.10 bits per heavy atom. The number of nitrogens with zero attached hydrogens (tertiary/aromatic N) is 2. The first-order chi connectivity index (χ1) is 14.8. The van der Waals surface area contributed by atoms with Crippen LogP contribution in [0.5, 0.6) is 5.75 Å². The second-order valence-corrected chi connectivity index (χ2v) is 8.34. The predicted octanol–water partition coefficient (Wildman–Crippen LogP) is 4.69. The number of carbonyl (C=O) groups excluding carboxylic acids is 1. The molecule has 0 radical (unpaired) electrons. The molecule has 6 nitrogen and oxygen atoms in total. The maximum absolute atomic E-state index is 13.0. The number of rotatable bonds is 9. The molecule has 31 heavy (non-hydrogen) atoms. The summed E-state index contributed by atoms with van der Waals surface area (Å²) in [6, 6.07) is 13.9. The van der Waals surface area contributed by atoms with Gasteiger partial charge in [0.1, 0.15) is 18.2 Å². The molecular formula is C24H28FN3O3. The zero-order valence-corrected chi connectivity index (χ0v) is 18.2. The molecule has 3 rings (SSSR count). The van der Waals surface area contributed by atoms with Crippen LogP contribution in [0, 0.1) is 5.82 Å². The highest BCUT2D eigenvalue weighted by Crippen LogP contribution is 2.24. The molecule has 0 saturated heterocycles. The molecule has 0 unspecified atom stereocenters. The third-order valence-corrected chi connectivity index (χ3v) is 4.78. The van der Waals surface area contributed by atoms with Crippen LogP contribution < -0.4 is 10.1 Å². The Labute approximate surface area is 181 Å². The molecular weight excluding hydrogens is 397 g/mol. The summed E-state index contributed by atoms with van der Waals surface area (Å²) in [6.45, 7) is 7.35. The number of ether oxygens (including phenoxy) is 1. The summed E-state index contributed by atoms with van der Waals surface area (Å²) in [7, 11) is 0. The van der Waals surface area contributed by atoms with Gasteiger partial charge in [-0.05, 0) is 53.8 Å². The topological polar surface area (TPSA) is 77.2 Å². The van der Waals surface area contributed by atoms with Crippen molar-refractivity contribution in [3.8, 4) is 17.1 Å². The number of aromatic nitrogens is 2. The number of hydrogen-bond acceptors (Lipinski definition) is 5. The first-order valence-electron chi connectivity index (χ1n) is 10.4. The molecule has 2 aromatic carbocycles. The van der Waals surface area contributed by atoms with Crippen molar-refractivity contribution in [1.82, 2.24) is 15.5 Å². The normalized spacial score (nSPS) is 11.4. The van der Waals surface area contributed by atoms with E-state index in [4.69, 9.17) is 9.26 Å². The molecule has 1 heterocycles. The van der Waals surface area contributed by atoms with Crippen molar-refractivity contribution in [3.63, 3.8) is 0 Å². The Balaban J connectivity index is 1.32. The summed E-state index contributed by atoms with van der Waals surface area (Å²) < 4.78 is 23.9. The Hall–Kier alpha value is -3.22. The van der Waals surface area contributed by atoms with Crippen LogP contribution in [-0.4, -0.2) is 29.2 Å². The van der Waals surface area contributed by atoms with Crippen molar-refractivity contribution < 1.29 is 18.4 Å². The van der Waals surface area contributed by atoms with Gasteiger partial charge in [-0.15, -0.1) is 0 Å². The van der Waals surface area contributed by atoms with E-state index >= 15 is 0 Å². The lowest BCUT2D eigenvalue weighted by Gasteiger charge is -2.19. The number of amides is 1. The lowest BCUT2D eigenvalue weighted by molar-refractivity contribution is -0.121. The Morgan fingerprint density at radius 2 is 1.81 bits per heavy atom. The van der Waals surface area contributed by atoms with E-state index in [1.807, 2.05) is 12.1 Å². The molecule has 1 aromatic heterocycles. The van der Waals surface area contributed by atoms with E-state index in [9.17, 15) is 9.18 Å². The van der Waals surface area contributed by atoms with E-state index in [1.54, 1.807) is 12.1 Å². The van der Waals surface area contributed by atoms with Crippen molar-refractivity contribution in [2.75, 3.05) is 13.2 Å². The molecule has 7 heteroatoms. The molecule has 164 valence electrons. The van der Waals surface area contributed by atoms with Gasteiger partial charge in [-0.25, -0.2) is 4.39 Å². The summed E-state index contributed by atoms with van der Waals surface area (Å²) in [4.78, 5) is 16.3. The number of benzene rings is 2. The lowest BCUT2D eigenvalue weighted by Crippen LogP contribution is -2.27. The summed E-state index contributed by atoms with van der Waals surface area (Å²) in [6.07, 6.45) is 1.44. The standard InChI is InChI=1S/C24H28FN3O3/c1-24(2,3)18-9-13-20(14-10-18)30-16-15-26-21(29)5-4-6-22-27-23(28-31-22)17-7-11-19(25)12-8-17/h7-14H,4-6,15-16H2,1-3H3,(H,26,29). The molecule has 0 aliphatic rings. The highest BCUT2D eigenvalue weighted by atomic mass is 19.1. The first kappa shape index (κ1) is 22.5. The van der Waals surface area contributed by atoms with Crippen LogP contribution >= 0.6 is 0 Å². The Bertz CT molecular complexity index is 977. The van der Waals surface area contributed by atoms with Crippen molar-refractivity contribution in [2.45, 2.75) is 45.4 Å². The van der Waals surface area contributed by atoms with E-state index in [1.165, 1.54) is 17.7 Å². The van der Waals surface area contributed by atoms with Crippen LogP contribution in [0.3, 0.4) is 0 Å². The molecule has 1 N–H and O–H groups in total. The maximum atomic E-state index is 13.0. The fourth-order valence-corrected chi connectivity index (χ4v) is 2.97. The molecule has 0 spiro atoms. The van der Waals surface area contributed by atoms with Gasteiger partial charge in [0.05, 0.1) is 6.54 Å². The smallest absolute Gasteiger partial charge is 0.226 e. The third-order valence-electron chi connectivity index (χ3n) is 4.78. The van der Waals surface area contributed by atoms with Crippen molar-refractivity contribution in [3.05, 3.63) is 65.8 Å². The van der Waals surface area contributed by atoms with Crippen LogP contribution in [0.25, 0.3) is 11.4 Å². The minimum Gasteiger partial charge on any atom is -0.492 e. The van der Waals surface area contributed by atoms with E-state index in [2.05, 4.69) is 48.4 Å². The lowest BCUT2D eigenvalue weighted by atomic mass is 9.87. The summed E-state index contributed by atoms with van der Waals surface area (Å²) >= 11 is 0. The van der Waals surface area contributed by atoms with Crippen LogP contribution in [0.15, 0.2) is 53.1 Å².